The van der Waals surface area contributed by atoms with Crippen LogP contribution >= 0.6 is 0 Å². The summed E-state index contributed by atoms with van der Waals surface area (Å²) in [7, 11) is 0. The summed E-state index contributed by atoms with van der Waals surface area (Å²) in [6.07, 6.45) is 7.00. The lowest BCUT2D eigenvalue weighted by Gasteiger charge is -2.27. The quantitative estimate of drug-likeness (QED) is 0.651. The molecule has 0 saturated heterocycles. The van der Waals surface area contributed by atoms with Crippen molar-refractivity contribution in [2.24, 2.45) is 23.6 Å². The van der Waals surface area contributed by atoms with Crippen LogP contribution < -0.4 is 11.3 Å². The fourth-order valence-corrected chi connectivity index (χ4v) is 4.81. The third-order valence-corrected chi connectivity index (χ3v) is 5.82. The highest BCUT2D eigenvalue weighted by Gasteiger charge is 2.40. The number of fused-ring (bicyclic) bond motifs is 3. The Bertz CT molecular complexity index is 631. The predicted molar refractivity (Wildman–Crippen MR) is 87.6 cm³/mol. The summed E-state index contributed by atoms with van der Waals surface area (Å²) in [5.74, 6) is 8.75. The van der Waals surface area contributed by atoms with Crippen LogP contribution in [-0.4, -0.2) is 0 Å². The van der Waals surface area contributed by atoms with E-state index < -0.39 is 0 Å². The fraction of sp³-hybridized carbons (Fsp3) is 0.474. The van der Waals surface area contributed by atoms with Crippen LogP contribution in [0.25, 0.3) is 10.8 Å². The molecule has 2 aliphatic carbocycles. The number of hydrogen-bond donors (Lipinski definition) is 2. The molecule has 0 heterocycles. The summed E-state index contributed by atoms with van der Waals surface area (Å²) in [4.78, 5) is 0. The number of benzene rings is 2. The van der Waals surface area contributed by atoms with Crippen molar-refractivity contribution in [1.82, 2.24) is 5.43 Å². The van der Waals surface area contributed by atoms with Crippen molar-refractivity contribution in [3.63, 3.8) is 0 Å². The molecular weight excluding hydrogens is 256 g/mol. The van der Waals surface area contributed by atoms with E-state index in [1.54, 1.807) is 0 Å². The van der Waals surface area contributed by atoms with Gasteiger partial charge in [0.25, 0.3) is 0 Å². The van der Waals surface area contributed by atoms with Crippen LogP contribution in [0.2, 0.25) is 0 Å². The average molecular weight is 280 g/mol. The number of nitrogens with one attached hydrogen (secondary N) is 1. The lowest BCUT2D eigenvalue weighted by atomic mass is 9.82. The molecule has 0 radical (unpaired) electrons. The van der Waals surface area contributed by atoms with E-state index in [0.717, 1.165) is 17.8 Å². The second kappa shape index (κ2) is 5.43. The first-order valence-electron chi connectivity index (χ1n) is 8.29. The molecule has 3 N–H and O–H groups in total. The molecule has 21 heavy (non-hydrogen) atoms. The molecule has 2 bridgehead atoms. The molecule has 0 amide bonds. The van der Waals surface area contributed by atoms with E-state index in [-0.39, 0.29) is 6.04 Å². The standard InChI is InChI=1S/C19H24N2/c20-21-19(12-16-11-13-8-9-15(16)10-13)18-7-3-5-14-4-1-2-6-17(14)18/h1-7,13,15-16,19,21H,8-12,20H2. The molecule has 2 aliphatic rings. The first-order chi connectivity index (χ1) is 10.3. The molecule has 0 aliphatic heterocycles. The highest BCUT2D eigenvalue weighted by atomic mass is 15.2. The van der Waals surface area contributed by atoms with E-state index in [0.29, 0.717) is 0 Å². The third-order valence-electron chi connectivity index (χ3n) is 5.82. The molecule has 2 saturated carbocycles. The SMILES string of the molecule is NNC(CC1CC2CCC1C2)c1cccc2ccccc12. The zero-order valence-corrected chi connectivity index (χ0v) is 12.5. The van der Waals surface area contributed by atoms with Crippen molar-refractivity contribution in [2.75, 3.05) is 0 Å². The van der Waals surface area contributed by atoms with Gasteiger partial charge in [0.05, 0.1) is 0 Å². The molecule has 2 aromatic carbocycles. The van der Waals surface area contributed by atoms with Gasteiger partial charge in [-0.05, 0) is 59.8 Å². The number of hydrogen-bond acceptors (Lipinski definition) is 2. The summed E-state index contributed by atoms with van der Waals surface area (Å²) in [5, 5.41) is 2.65. The monoisotopic (exact) mass is 280 g/mol. The Balaban J connectivity index is 1.62. The molecule has 110 valence electrons. The van der Waals surface area contributed by atoms with Crippen LogP contribution in [0.15, 0.2) is 42.5 Å². The Labute approximate surface area is 126 Å². The topological polar surface area (TPSA) is 38.0 Å². The molecule has 4 rings (SSSR count). The van der Waals surface area contributed by atoms with Gasteiger partial charge in [0.15, 0.2) is 0 Å². The van der Waals surface area contributed by atoms with Gasteiger partial charge in [0.2, 0.25) is 0 Å². The first-order valence-corrected chi connectivity index (χ1v) is 8.29. The summed E-state index contributed by atoms with van der Waals surface area (Å²) in [6, 6.07) is 15.5. The molecule has 2 aromatic rings. The van der Waals surface area contributed by atoms with Gasteiger partial charge in [-0.2, -0.15) is 0 Å². The summed E-state index contributed by atoms with van der Waals surface area (Å²) in [6.45, 7) is 0. The normalized spacial score (nSPS) is 29.1. The van der Waals surface area contributed by atoms with Crippen molar-refractivity contribution < 1.29 is 0 Å². The van der Waals surface area contributed by atoms with Gasteiger partial charge in [-0.1, -0.05) is 48.9 Å². The van der Waals surface area contributed by atoms with Crippen LogP contribution in [-0.2, 0) is 0 Å². The smallest absolute Gasteiger partial charge is 0.0468 e. The number of nitrogens with two attached hydrogens (primary N) is 1. The maximum atomic E-state index is 5.92. The number of rotatable bonds is 4. The van der Waals surface area contributed by atoms with Crippen molar-refractivity contribution in [2.45, 2.75) is 38.1 Å². The number of hydrazine groups is 1. The maximum Gasteiger partial charge on any atom is 0.0468 e. The van der Waals surface area contributed by atoms with Gasteiger partial charge in [-0.3, -0.25) is 11.3 Å². The third kappa shape index (κ3) is 2.37. The van der Waals surface area contributed by atoms with Crippen LogP contribution in [0.3, 0.4) is 0 Å². The van der Waals surface area contributed by atoms with Crippen LogP contribution in [0.5, 0.6) is 0 Å². The summed E-state index contributed by atoms with van der Waals surface area (Å²) in [5.41, 5.74) is 4.46. The maximum absolute atomic E-state index is 5.92. The summed E-state index contributed by atoms with van der Waals surface area (Å²) >= 11 is 0. The van der Waals surface area contributed by atoms with E-state index >= 15 is 0 Å². The van der Waals surface area contributed by atoms with Crippen LogP contribution in [0, 0.1) is 17.8 Å². The van der Waals surface area contributed by atoms with Gasteiger partial charge in [0.1, 0.15) is 0 Å². The van der Waals surface area contributed by atoms with Gasteiger partial charge in [-0.15, -0.1) is 0 Å². The highest BCUT2D eigenvalue weighted by Crippen LogP contribution is 2.51. The van der Waals surface area contributed by atoms with E-state index in [2.05, 4.69) is 47.9 Å². The van der Waals surface area contributed by atoms with Gasteiger partial charge in [-0.25, -0.2) is 0 Å². The Kier molecular flexibility index (Phi) is 3.44. The minimum Gasteiger partial charge on any atom is -0.271 e. The Morgan fingerprint density at radius 3 is 2.67 bits per heavy atom. The van der Waals surface area contributed by atoms with Crippen molar-refractivity contribution in [3.05, 3.63) is 48.0 Å². The van der Waals surface area contributed by atoms with E-state index in [1.807, 2.05) is 0 Å². The molecule has 2 heteroatoms. The molecule has 0 spiro atoms. The van der Waals surface area contributed by atoms with Crippen LogP contribution in [0.4, 0.5) is 0 Å². The van der Waals surface area contributed by atoms with Crippen molar-refractivity contribution in [1.29, 1.82) is 0 Å². The average Bonchev–Trinajstić information content (AvgIpc) is 3.15. The van der Waals surface area contributed by atoms with Crippen molar-refractivity contribution in [3.8, 4) is 0 Å². The van der Waals surface area contributed by atoms with Gasteiger partial charge >= 0.3 is 0 Å². The molecule has 4 unspecified atom stereocenters. The Hall–Kier alpha value is -1.38. The highest BCUT2D eigenvalue weighted by molar-refractivity contribution is 5.86. The largest absolute Gasteiger partial charge is 0.271 e. The zero-order valence-electron chi connectivity index (χ0n) is 12.5. The first kappa shape index (κ1) is 13.3. The zero-order chi connectivity index (χ0) is 14.2. The minimum absolute atomic E-state index is 0.278. The molecule has 0 aromatic heterocycles. The van der Waals surface area contributed by atoms with Crippen molar-refractivity contribution >= 4 is 10.8 Å². The molecule has 2 fully saturated rings. The van der Waals surface area contributed by atoms with E-state index in [9.17, 15) is 0 Å². The van der Waals surface area contributed by atoms with Gasteiger partial charge < -0.3 is 0 Å². The lowest BCUT2D eigenvalue weighted by Crippen LogP contribution is -2.31. The molecule has 2 nitrogen and oxygen atoms in total. The predicted octanol–water partition coefficient (Wildman–Crippen LogP) is 4.17. The van der Waals surface area contributed by atoms with Gasteiger partial charge in [0, 0.05) is 6.04 Å². The van der Waals surface area contributed by atoms with E-state index in [1.165, 1.54) is 48.4 Å². The molecular formula is C19H24N2. The minimum atomic E-state index is 0.278. The fourth-order valence-electron chi connectivity index (χ4n) is 4.81. The lowest BCUT2D eigenvalue weighted by molar-refractivity contribution is 0.280. The Morgan fingerprint density at radius 1 is 1.05 bits per heavy atom. The second-order valence-corrected chi connectivity index (χ2v) is 6.96. The Morgan fingerprint density at radius 2 is 1.90 bits per heavy atom. The second-order valence-electron chi connectivity index (χ2n) is 6.96. The summed E-state index contributed by atoms with van der Waals surface area (Å²) < 4.78 is 0. The van der Waals surface area contributed by atoms with E-state index in [4.69, 9.17) is 5.84 Å². The van der Waals surface area contributed by atoms with Crippen LogP contribution in [0.1, 0.15) is 43.7 Å². The molecule has 4 atom stereocenters.